The highest BCUT2D eigenvalue weighted by Gasteiger charge is 2.30. The van der Waals surface area contributed by atoms with Crippen molar-refractivity contribution in [2.75, 3.05) is 6.61 Å². The number of hydrogen-bond donors (Lipinski definition) is 2. The van der Waals surface area contributed by atoms with Gasteiger partial charge in [0.05, 0.1) is 18.2 Å². The van der Waals surface area contributed by atoms with E-state index in [1.54, 1.807) is 0 Å². The topological polar surface area (TPSA) is 80.6 Å². The van der Waals surface area contributed by atoms with E-state index in [-0.39, 0.29) is 17.9 Å². The molecule has 6 rings (SSSR count). The average molecular weight is 487 g/mol. The van der Waals surface area contributed by atoms with Gasteiger partial charge in [-0.1, -0.05) is 37.5 Å². The molecule has 0 spiro atoms. The molecule has 0 radical (unpaired) electrons. The molecule has 2 N–H and O–H groups in total. The van der Waals surface area contributed by atoms with Gasteiger partial charge in [-0.3, -0.25) is 9.59 Å². The second-order valence-corrected chi connectivity index (χ2v) is 10.7. The van der Waals surface area contributed by atoms with Crippen molar-refractivity contribution < 1.29 is 19.4 Å². The molecule has 2 heterocycles. The summed E-state index contributed by atoms with van der Waals surface area (Å²) in [4.78, 5) is 24.5. The third-order valence-corrected chi connectivity index (χ3v) is 8.51. The minimum atomic E-state index is -0.724. The Morgan fingerprint density at radius 3 is 2.50 bits per heavy atom. The van der Waals surface area contributed by atoms with E-state index in [4.69, 9.17) is 4.74 Å². The van der Waals surface area contributed by atoms with Crippen LogP contribution in [0.5, 0.6) is 5.75 Å². The first-order chi connectivity index (χ1) is 17.6. The van der Waals surface area contributed by atoms with Gasteiger partial charge in [-0.05, 0) is 74.3 Å². The molecule has 0 atom stereocenters. The molecule has 1 amide bonds. The molecule has 1 aromatic heterocycles. The third kappa shape index (κ3) is 4.16. The number of amides is 1. The molecular formula is C30H34N2O4. The normalized spacial score (nSPS) is 22.2. The first-order valence-electron chi connectivity index (χ1n) is 13.5. The van der Waals surface area contributed by atoms with Gasteiger partial charge in [0.15, 0.2) is 0 Å². The summed E-state index contributed by atoms with van der Waals surface area (Å²) in [7, 11) is 0. The molecular weight excluding hydrogens is 452 g/mol. The Kier molecular flexibility index (Phi) is 6.20. The summed E-state index contributed by atoms with van der Waals surface area (Å²) in [5.41, 5.74) is 5.59. The van der Waals surface area contributed by atoms with Crippen LogP contribution in [0.4, 0.5) is 0 Å². The lowest BCUT2D eigenvalue weighted by Gasteiger charge is -2.26. The van der Waals surface area contributed by atoms with E-state index in [1.807, 2.05) is 12.1 Å². The Balaban J connectivity index is 1.37. The summed E-state index contributed by atoms with van der Waals surface area (Å²) in [5.74, 6) is 0.377. The smallest absolute Gasteiger partial charge is 0.306 e. The van der Waals surface area contributed by atoms with Gasteiger partial charge in [0.2, 0.25) is 0 Å². The van der Waals surface area contributed by atoms with Crippen LogP contribution in [0, 0.1) is 5.92 Å². The molecule has 6 heteroatoms. The van der Waals surface area contributed by atoms with Gasteiger partial charge in [0.25, 0.3) is 5.91 Å². The SMILES string of the molecule is O=C(N[C@H]1CC[C@@H](C(=O)O)CC1)c1ccc2c(C3CCCCC3)c3n(c2c1)CCOc1ccccc1-3. The Morgan fingerprint density at radius 1 is 0.944 bits per heavy atom. The lowest BCUT2D eigenvalue weighted by Crippen LogP contribution is -2.38. The molecule has 1 aliphatic heterocycles. The van der Waals surface area contributed by atoms with E-state index < -0.39 is 5.97 Å². The second kappa shape index (κ2) is 9.64. The zero-order chi connectivity index (χ0) is 24.6. The Morgan fingerprint density at radius 2 is 1.72 bits per heavy atom. The predicted octanol–water partition coefficient (Wildman–Crippen LogP) is 6.12. The Labute approximate surface area is 211 Å². The standard InChI is InChI=1S/C30H34N2O4/c33-29(31-22-13-10-20(11-14-22)30(34)35)21-12-15-23-25(18-21)32-16-17-36-26-9-5-4-8-24(26)28(32)27(23)19-6-2-1-3-7-19/h4-5,8-9,12,15,18-20,22H,1-3,6-7,10-11,13-14,16-17H2,(H,31,33)(H,34,35)/t20-,22+. The average Bonchev–Trinajstić information content (AvgIpc) is 3.10. The lowest BCUT2D eigenvalue weighted by molar-refractivity contribution is -0.142. The summed E-state index contributed by atoms with van der Waals surface area (Å²) >= 11 is 0. The number of ether oxygens (including phenoxy) is 1. The van der Waals surface area contributed by atoms with Crippen LogP contribution >= 0.6 is 0 Å². The van der Waals surface area contributed by atoms with E-state index in [2.05, 4.69) is 40.2 Å². The first kappa shape index (κ1) is 23.1. The number of nitrogens with one attached hydrogen (secondary N) is 1. The van der Waals surface area contributed by atoms with E-state index in [0.717, 1.165) is 23.4 Å². The van der Waals surface area contributed by atoms with Gasteiger partial charge in [-0.15, -0.1) is 0 Å². The molecule has 2 saturated carbocycles. The molecule has 0 saturated heterocycles. The van der Waals surface area contributed by atoms with Gasteiger partial charge in [-0.2, -0.15) is 0 Å². The van der Waals surface area contributed by atoms with E-state index in [0.29, 0.717) is 43.8 Å². The summed E-state index contributed by atoms with van der Waals surface area (Å²) < 4.78 is 8.52. The summed E-state index contributed by atoms with van der Waals surface area (Å²) in [6.45, 7) is 1.35. The monoisotopic (exact) mass is 486 g/mol. The maximum atomic E-state index is 13.3. The van der Waals surface area contributed by atoms with Crippen molar-refractivity contribution in [3.05, 3.63) is 53.6 Å². The third-order valence-electron chi connectivity index (χ3n) is 8.51. The predicted molar refractivity (Wildman–Crippen MR) is 140 cm³/mol. The molecule has 0 unspecified atom stereocenters. The van der Waals surface area contributed by atoms with Crippen molar-refractivity contribution in [2.45, 2.75) is 76.3 Å². The van der Waals surface area contributed by atoms with Gasteiger partial charge in [-0.25, -0.2) is 0 Å². The number of nitrogens with zero attached hydrogens (tertiary/aromatic N) is 1. The van der Waals surface area contributed by atoms with Crippen molar-refractivity contribution in [1.29, 1.82) is 0 Å². The number of benzene rings is 2. The molecule has 3 aliphatic rings. The molecule has 0 bridgehead atoms. The number of aromatic nitrogens is 1. The molecule has 2 aliphatic carbocycles. The number of carboxylic acids is 1. The van der Waals surface area contributed by atoms with E-state index in [9.17, 15) is 14.7 Å². The highest BCUT2D eigenvalue weighted by atomic mass is 16.5. The minimum Gasteiger partial charge on any atom is -0.491 e. The fourth-order valence-electron chi connectivity index (χ4n) is 6.63. The number of carboxylic acid groups (broad SMARTS) is 1. The van der Waals surface area contributed by atoms with E-state index >= 15 is 0 Å². The molecule has 36 heavy (non-hydrogen) atoms. The van der Waals surface area contributed by atoms with Crippen LogP contribution in [0.25, 0.3) is 22.2 Å². The van der Waals surface area contributed by atoms with Gasteiger partial charge in [0, 0.05) is 28.1 Å². The number of aliphatic carboxylic acids is 1. The van der Waals surface area contributed by atoms with Crippen molar-refractivity contribution >= 4 is 22.8 Å². The number of para-hydroxylation sites is 1. The largest absolute Gasteiger partial charge is 0.491 e. The number of carbonyl (C=O) groups is 2. The highest BCUT2D eigenvalue weighted by Crippen LogP contribution is 2.47. The molecule has 2 fully saturated rings. The maximum Gasteiger partial charge on any atom is 0.306 e. The highest BCUT2D eigenvalue weighted by molar-refractivity contribution is 6.01. The number of rotatable bonds is 4. The van der Waals surface area contributed by atoms with Crippen molar-refractivity contribution in [3.8, 4) is 17.0 Å². The van der Waals surface area contributed by atoms with Crippen LogP contribution in [0.1, 0.15) is 79.6 Å². The molecule has 188 valence electrons. The van der Waals surface area contributed by atoms with Gasteiger partial charge in [0.1, 0.15) is 12.4 Å². The first-order valence-corrected chi connectivity index (χ1v) is 13.5. The van der Waals surface area contributed by atoms with Crippen LogP contribution in [0.15, 0.2) is 42.5 Å². The summed E-state index contributed by atoms with van der Waals surface area (Å²) in [6, 6.07) is 14.5. The fourth-order valence-corrected chi connectivity index (χ4v) is 6.63. The Bertz CT molecular complexity index is 1300. The molecule has 2 aromatic carbocycles. The van der Waals surface area contributed by atoms with Gasteiger partial charge >= 0.3 is 5.97 Å². The zero-order valence-corrected chi connectivity index (χ0v) is 20.7. The zero-order valence-electron chi connectivity index (χ0n) is 20.7. The minimum absolute atomic E-state index is 0.0336. The Hall–Kier alpha value is -3.28. The number of hydrogen-bond acceptors (Lipinski definition) is 3. The maximum absolute atomic E-state index is 13.3. The lowest BCUT2D eigenvalue weighted by atomic mass is 9.81. The van der Waals surface area contributed by atoms with Crippen LogP contribution in [0.3, 0.4) is 0 Å². The fraction of sp³-hybridized carbons (Fsp3) is 0.467. The van der Waals surface area contributed by atoms with Crippen molar-refractivity contribution in [3.63, 3.8) is 0 Å². The number of carbonyl (C=O) groups excluding carboxylic acids is 1. The van der Waals surface area contributed by atoms with Crippen LogP contribution in [-0.4, -0.2) is 34.2 Å². The second-order valence-electron chi connectivity index (χ2n) is 10.7. The van der Waals surface area contributed by atoms with Crippen LogP contribution in [0.2, 0.25) is 0 Å². The van der Waals surface area contributed by atoms with Gasteiger partial charge < -0.3 is 19.7 Å². The summed E-state index contributed by atoms with van der Waals surface area (Å²) in [6.07, 6.45) is 8.91. The van der Waals surface area contributed by atoms with Crippen molar-refractivity contribution in [1.82, 2.24) is 9.88 Å². The van der Waals surface area contributed by atoms with Crippen molar-refractivity contribution in [2.24, 2.45) is 5.92 Å². The molecule has 3 aromatic rings. The van der Waals surface area contributed by atoms with E-state index in [1.165, 1.54) is 48.7 Å². The molecule has 6 nitrogen and oxygen atoms in total. The quantitative estimate of drug-likeness (QED) is 0.465. The number of fused-ring (bicyclic) bond motifs is 5. The summed E-state index contributed by atoms with van der Waals surface area (Å²) in [5, 5.41) is 13.7. The van der Waals surface area contributed by atoms with Crippen LogP contribution in [-0.2, 0) is 11.3 Å². The van der Waals surface area contributed by atoms with Crippen LogP contribution < -0.4 is 10.1 Å².